The lowest BCUT2D eigenvalue weighted by molar-refractivity contribution is -0.133. The third kappa shape index (κ3) is 31.3. The lowest BCUT2D eigenvalue weighted by atomic mass is 10.0. The summed E-state index contributed by atoms with van der Waals surface area (Å²) in [6, 6.07) is 0. The summed E-state index contributed by atoms with van der Waals surface area (Å²) in [5, 5.41) is 19.6. The van der Waals surface area contributed by atoms with E-state index in [1.807, 2.05) is 0 Å². The largest absolute Gasteiger partial charge is 0.478 e. The molecule has 3 N–H and O–H groups in total. The monoisotopic (exact) mass is 411 g/mol. The van der Waals surface area contributed by atoms with Crippen molar-refractivity contribution in [1.29, 1.82) is 0 Å². The SMILES string of the molecule is C1CN1.C=C(C)C(=O)O.C=C(CCCCCCCCCCCCCCC)C(=O)O. The predicted molar refractivity (Wildman–Crippen MR) is 122 cm³/mol. The zero-order valence-corrected chi connectivity index (χ0v) is 18.9. The van der Waals surface area contributed by atoms with Crippen LogP contribution >= 0.6 is 0 Å². The molecule has 1 heterocycles. The van der Waals surface area contributed by atoms with E-state index in [-0.39, 0.29) is 5.57 Å². The summed E-state index contributed by atoms with van der Waals surface area (Å²) in [6.45, 7) is 12.9. The van der Waals surface area contributed by atoms with Crippen molar-refractivity contribution in [2.45, 2.75) is 104 Å². The van der Waals surface area contributed by atoms with Crippen LogP contribution < -0.4 is 5.32 Å². The van der Waals surface area contributed by atoms with Gasteiger partial charge < -0.3 is 15.5 Å². The third-order valence-electron chi connectivity index (χ3n) is 4.50. The molecule has 0 unspecified atom stereocenters. The van der Waals surface area contributed by atoms with E-state index in [0.717, 1.165) is 12.8 Å². The molecule has 0 aromatic heterocycles. The van der Waals surface area contributed by atoms with Gasteiger partial charge in [0.05, 0.1) is 0 Å². The highest BCUT2D eigenvalue weighted by Gasteiger charge is 2.02. The topological polar surface area (TPSA) is 96.5 Å². The van der Waals surface area contributed by atoms with Gasteiger partial charge in [-0.15, -0.1) is 0 Å². The Bertz CT molecular complexity index is 429. The fraction of sp³-hybridized carbons (Fsp3) is 0.750. The molecule has 1 saturated heterocycles. The minimum atomic E-state index is -0.935. The summed E-state index contributed by atoms with van der Waals surface area (Å²) in [4.78, 5) is 20.1. The van der Waals surface area contributed by atoms with E-state index in [9.17, 15) is 9.59 Å². The molecule has 5 heteroatoms. The molecule has 29 heavy (non-hydrogen) atoms. The molecule has 1 aliphatic heterocycles. The molecule has 0 spiro atoms. The molecule has 0 aromatic carbocycles. The van der Waals surface area contributed by atoms with E-state index in [1.54, 1.807) is 0 Å². The van der Waals surface area contributed by atoms with Gasteiger partial charge >= 0.3 is 11.9 Å². The average molecular weight is 412 g/mol. The summed E-state index contributed by atoms with van der Waals surface area (Å²) in [5.41, 5.74) is 0.531. The average Bonchev–Trinajstić information content (AvgIpc) is 3.55. The number of hydrogen-bond acceptors (Lipinski definition) is 3. The number of carboxylic acid groups (broad SMARTS) is 2. The van der Waals surface area contributed by atoms with E-state index < -0.39 is 11.9 Å². The molecule has 0 aromatic rings. The van der Waals surface area contributed by atoms with Crippen molar-refractivity contribution in [3.05, 3.63) is 24.3 Å². The molecule has 0 amide bonds. The summed E-state index contributed by atoms with van der Waals surface area (Å²) < 4.78 is 0. The first-order valence-corrected chi connectivity index (χ1v) is 11.3. The summed E-state index contributed by atoms with van der Waals surface area (Å²) in [5.74, 6) is -1.78. The Balaban J connectivity index is 0. The van der Waals surface area contributed by atoms with Gasteiger partial charge in [0.1, 0.15) is 0 Å². The summed E-state index contributed by atoms with van der Waals surface area (Å²) in [7, 11) is 0. The molecule has 0 aliphatic carbocycles. The Morgan fingerprint density at radius 1 is 0.724 bits per heavy atom. The van der Waals surface area contributed by atoms with Gasteiger partial charge in [-0.05, 0) is 19.8 Å². The van der Waals surface area contributed by atoms with Gasteiger partial charge in [0.2, 0.25) is 0 Å². The van der Waals surface area contributed by atoms with E-state index in [0.29, 0.717) is 12.0 Å². The highest BCUT2D eigenvalue weighted by Crippen LogP contribution is 2.14. The highest BCUT2D eigenvalue weighted by molar-refractivity contribution is 5.85. The van der Waals surface area contributed by atoms with Gasteiger partial charge in [-0.2, -0.15) is 0 Å². The lowest BCUT2D eigenvalue weighted by Gasteiger charge is -2.03. The number of carboxylic acids is 2. The molecule has 1 aliphatic rings. The fourth-order valence-electron chi connectivity index (χ4n) is 2.46. The normalized spacial score (nSPS) is 11.4. The van der Waals surface area contributed by atoms with Crippen LogP contribution in [0.5, 0.6) is 0 Å². The molecule has 170 valence electrons. The second-order valence-corrected chi connectivity index (χ2v) is 7.74. The molecule has 1 fully saturated rings. The zero-order chi connectivity index (χ0) is 22.3. The molecular weight excluding hydrogens is 366 g/mol. The van der Waals surface area contributed by atoms with Crippen LogP contribution in [0, 0.1) is 0 Å². The molecule has 1 rings (SSSR count). The van der Waals surface area contributed by atoms with Crippen LogP contribution in [0.2, 0.25) is 0 Å². The van der Waals surface area contributed by atoms with E-state index in [1.165, 1.54) is 90.6 Å². The number of hydrogen-bond donors (Lipinski definition) is 3. The van der Waals surface area contributed by atoms with Crippen LogP contribution in [-0.4, -0.2) is 35.2 Å². The molecular formula is C24H45NO4. The van der Waals surface area contributed by atoms with Crippen molar-refractivity contribution in [2.75, 3.05) is 13.1 Å². The maximum atomic E-state index is 10.5. The van der Waals surface area contributed by atoms with E-state index >= 15 is 0 Å². The van der Waals surface area contributed by atoms with Gasteiger partial charge in [0.15, 0.2) is 0 Å². The van der Waals surface area contributed by atoms with Gasteiger partial charge in [0, 0.05) is 24.2 Å². The molecule has 5 nitrogen and oxygen atoms in total. The van der Waals surface area contributed by atoms with Gasteiger partial charge in [0.25, 0.3) is 0 Å². The standard InChI is InChI=1S/C18H34O2.C4H6O2.C2H5N/c1-3-4-5-6-7-8-9-10-11-12-13-14-15-16-17(2)18(19)20;1-3(2)4(5)6;1-2-3-1/h2-16H2,1H3,(H,19,20);1H2,2H3,(H,5,6);3H,1-2H2. The molecule has 0 radical (unpaired) electrons. The van der Waals surface area contributed by atoms with Gasteiger partial charge in [-0.1, -0.05) is 97.1 Å². The number of unbranched alkanes of at least 4 members (excludes halogenated alkanes) is 12. The number of carbonyl (C=O) groups is 2. The highest BCUT2D eigenvalue weighted by atomic mass is 16.4. The van der Waals surface area contributed by atoms with Crippen molar-refractivity contribution < 1.29 is 19.8 Å². The van der Waals surface area contributed by atoms with Crippen LogP contribution in [-0.2, 0) is 9.59 Å². The van der Waals surface area contributed by atoms with Crippen molar-refractivity contribution in [1.82, 2.24) is 5.32 Å². The smallest absolute Gasteiger partial charge is 0.330 e. The Morgan fingerprint density at radius 2 is 1.03 bits per heavy atom. The van der Waals surface area contributed by atoms with Crippen molar-refractivity contribution in [2.24, 2.45) is 0 Å². The molecule has 0 saturated carbocycles. The maximum Gasteiger partial charge on any atom is 0.330 e. The minimum absolute atomic E-state index is 0.176. The Morgan fingerprint density at radius 3 is 1.28 bits per heavy atom. The summed E-state index contributed by atoms with van der Waals surface area (Å²) >= 11 is 0. The van der Waals surface area contributed by atoms with Crippen LogP contribution in [0.15, 0.2) is 24.3 Å². The van der Waals surface area contributed by atoms with Crippen LogP contribution in [0.25, 0.3) is 0 Å². The first-order chi connectivity index (χ1) is 13.8. The lowest BCUT2D eigenvalue weighted by Crippen LogP contribution is -1.98. The second kappa shape index (κ2) is 22.7. The second-order valence-electron chi connectivity index (χ2n) is 7.74. The van der Waals surface area contributed by atoms with E-state index in [2.05, 4.69) is 25.4 Å². The number of aliphatic carboxylic acids is 2. The van der Waals surface area contributed by atoms with Gasteiger partial charge in [-0.25, -0.2) is 9.59 Å². The predicted octanol–water partition coefficient (Wildman–Crippen LogP) is 6.35. The summed E-state index contributed by atoms with van der Waals surface area (Å²) in [6.07, 6.45) is 17.8. The van der Waals surface area contributed by atoms with Gasteiger partial charge in [-0.3, -0.25) is 0 Å². The first-order valence-electron chi connectivity index (χ1n) is 11.3. The third-order valence-corrected chi connectivity index (χ3v) is 4.50. The quantitative estimate of drug-likeness (QED) is 0.156. The van der Waals surface area contributed by atoms with E-state index in [4.69, 9.17) is 10.2 Å². The maximum absolute atomic E-state index is 10.5. The first kappa shape index (κ1) is 29.6. The Kier molecular flexibility index (Phi) is 23.1. The number of nitrogens with one attached hydrogen (secondary N) is 1. The Hall–Kier alpha value is -1.62. The molecule has 0 atom stereocenters. The zero-order valence-electron chi connectivity index (χ0n) is 18.9. The van der Waals surface area contributed by atoms with Crippen LogP contribution in [0.4, 0.5) is 0 Å². The van der Waals surface area contributed by atoms with Crippen molar-refractivity contribution in [3.8, 4) is 0 Å². The minimum Gasteiger partial charge on any atom is -0.478 e. The molecule has 0 bridgehead atoms. The number of rotatable bonds is 16. The fourth-order valence-corrected chi connectivity index (χ4v) is 2.46. The van der Waals surface area contributed by atoms with Crippen LogP contribution in [0.3, 0.4) is 0 Å². The Labute approximate surface area is 178 Å². The van der Waals surface area contributed by atoms with Crippen molar-refractivity contribution >= 4 is 11.9 Å². The van der Waals surface area contributed by atoms with Crippen LogP contribution in [0.1, 0.15) is 104 Å². The van der Waals surface area contributed by atoms with Crippen molar-refractivity contribution in [3.63, 3.8) is 0 Å².